The molecule has 0 unspecified atom stereocenters. The Bertz CT molecular complexity index is 732. The van der Waals surface area contributed by atoms with Crippen molar-refractivity contribution in [1.29, 1.82) is 0 Å². The zero-order valence-electron chi connectivity index (χ0n) is 14.7. The number of aryl methyl sites for hydroxylation is 2. The lowest BCUT2D eigenvalue weighted by atomic mass is 10.2. The molecule has 0 amide bonds. The van der Waals surface area contributed by atoms with Gasteiger partial charge >= 0.3 is 0 Å². The summed E-state index contributed by atoms with van der Waals surface area (Å²) in [6, 6.07) is 7.94. The first-order chi connectivity index (χ1) is 12.1. The number of oxazole rings is 1. The van der Waals surface area contributed by atoms with Gasteiger partial charge in [0.15, 0.2) is 11.9 Å². The molecule has 1 fully saturated rings. The fourth-order valence-electron chi connectivity index (χ4n) is 2.88. The van der Waals surface area contributed by atoms with Crippen molar-refractivity contribution in [2.24, 2.45) is 10.7 Å². The molecule has 3 rings (SSSR count). The molecule has 6 nitrogen and oxygen atoms in total. The number of guanidine groups is 1. The van der Waals surface area contributed by atoms with Crippen molar-refractivity contribution in [3.8, 4) is 0 Å². The first kappa shape index (κ1) is 17.6. The number of aromatic nitrogens is 1. The van der Waals surface area contributed by atoms with Gasteiger partial charge < -0.3 is 20.0 Å². The molecular formula is C18H24ClN5O. The number of hydrogen-bond acceptors (Lipinski definition) is 4. The summed E-state index contributed by atoms with van der Waals surface area (Å²) in [5.74, 6) is 2.10. The molecule has 7 heteroatoms. The lowest BCUT2D eigenvalue weighted by molar-refractivity contribution is 0.379. The van der Waals surface area contributed by atoms with Crippen molar-refractivity contribution < 1.29 is 4.42 Å². The Morgan fingerprint density at radius 2 is 1.92 bits per heavy atom. The van der Waals surface area contributed by atoms with Gasteiger partial charge in [0.25, 0.3) is 0 Å². The van der Waals surface area contributed by atoms with E-state index >= 15 is 0 Å². The second-order valence-corrected chi connectivity index (χ2v) is 6.53. The molecule has 2 heterocycles. The quantitative estimate of drug-likeness (QED) is 0.669. The molecule has 1 aliphatic heterocycles. The molecule has 2 aromatic rings. The standard InChI is InChI=1S/C18H24ClN5O/c1-3-17-22-13(2)16(25-17)12-21-18(20)24-10-8-23(9-11-24)15-6-4-14(19)5-7-15/h4-7H,3,8-12H2,1-2H3,(H2,20,21). The Balaban J connectivity index is 1.56. The number of anilines is 1. The van der Waals surface area contributed by atoms with Crippen LogP contribution < -0.4 is 10.6 Å². The van der Waals surface area contributed by atoms with Crippen molar-refractivity contribution in [1.82, 2.24) is 9.88 Å². The van der Waals surface area contributed by atoms with E-state index in [4.69, 9.17) is 21.8 Å². The van der Waals surface area contributed by atoms with E-state index in [9.17, 15) is 0 Å². The summed E-state index contributed by atoms with van der Waals surface area (Å²) in [6.07, 6.45) is 0.784. The van der Waals surface area contributed by atoms with E-state index in [0.717, 1.165) is 55.0 Å². The third-order valence-electron chi connectivity index (χ3n) is 4.42. The Morgan fingerprint density at radius 1 is 1.24 bits per heavy atom. The Kier molecular flexibility index (Phi) is 5.48. The molecule has 1 aromatic carbocycles. The van der Waals surface area contributed by atoms with Crippen LogP contribution in [0.25, 0.3) is 0 Å². The highest BCUT2D eigenvalue weighted by Gasteiger charge is 2.19. The van der Waals surface area contributed by atoms with Crippen LogP contribution in [0.4, 0.5) is 5.69 Å². The number of piperazine rings is 1. The zero-order chi connectivity index (χ0) is 17.8. The molecule has 2 N–H and O–H groups in total. The van der Waals surface area contributed by atoms with Crippen molar-refractivity contribution >= 4 is 23.2 Å². The average Bonchev–Trinajstić information content (AvgIpc) is 3.00. The summed E-state index contributed by atoms with van der Waals surface area (Å²) >= 11 is 5.95. The minimum Gasteiger partial charge on any atom is -0.443 e. The second-order valence-electron chi connectivity index (χ2n) is 6.09. The maximum absolute atomic E-state index is 6.17. The van der Waals surface area contributed by atoms with Crippen LogP contribution >= 0.6 is 11.6 Å². The summed E-state index contributed by atoms with van der Waals surface area (Å²) in [5.41, 5.74) is 8.24. The SMILES string of the molecule is CCc1nc(C)c(CN=C(N)N2CCN(c3ccc(Cl)cc3)CC2)o1. The van der Waals surface area contributed by atoms with Crippen LogP contribution in [0.1, 0.15) is 24.3 Å². The van der Waals surface area contributed by atoms with E-state index in [-0.39, 0.29) is 0 Å². The summed E-state index contributed by atoms with van der Waals surface area (Å²) in [4.78, 5) is 13.3. The number of hydrogen-bond donors (Lipinski definition) is 1. The number of nitrogens with two attached hydrogens (primary N) is 1. The number of benzene rings is 1. The summed E-state index contributed by atoms with van der Waals surface area (Å²) in [5, 5.41) is 0.757. The molecule has 1 saturated heterocycles. The van der Waals surface area contributed by atoms with Gasteiger partial charge in [-0.25, -0.2) is 9.98 Å². The maximum atomic E-state index is 6.17. The highest BCUT2D eigenvalue weighted by molar-refractivity contribution is 6.30. The van der Waals surface area contributed by atoms with E-state index in [0.29, 0.717) is 12.5 Å². The molecule has 134 valence electrons. The largest absolute Gasteiger partial charge is 0.443 e. The molecule has 0 spiro atoms. The normalized spacial score (nSPS) is 15.7. The van der Waals surface area contributed by atoms with Gasteiger partial charge in [0, 0.05) is 43.3 Å². The molecular weight excluding hydrogens is 338 g/mol. The van der Waals surface area contributed by atoms with Crippen LogP contribution in [0.2, 0.25) is 5.02 Å². The van der Waals surface area contributed by atoms with Gasteiger partial charge in [0.05, 0.1) is 5.69 Å². The highest BCUT2D eigenvalue weighted by Crippen LogP contribution is 2.19. The van der Waals surface area contributed by atoms with E-state index in [2.05, 4.69) is 19.8 Å². The van der Waals surface area contributed by atoms with Crippen LogP contribution in [-0.2, 0) is 13.0 Å². The van der Waals surface area contributed by atoms with Gasteiger partial charge in [0.2, 0.25) is 0 Å². The lowest BCUT2D eigenvalue weighted by Gasteiger charge is -2.36. The first-order valence-corrected chi connectivity index (χ1v) is 8.95. The minimum absolute atomic E-state index is 0.433. The molecule has 25 heavy (non-hydrogen) atoms. The van der Waals surface area contributed by atoms with E-state index in [1.807, 2.05) is 38.1 Å². The van der Waals surface area contributed by atoms with Gasteiger partial charge in [-0.3, -0.25) is 0 Å². The van der Waals surface area contributed by atoms with Gasteiger partial charge in [-0.15, -0.1) is 0 Å². The maximum Gasteiger partial charge on any atom is 0.194 e. The van der Waals surface area contributed by atoms with E-state index < -0.39 is 0 Å². The predicted octanol–water partition coefficient (Wildman–Crippen LogP) is 2.84. The molecule has 0 bridgehead atoms. The highest BCUT2D eigenvalue weighted by atomic mass is 35.5. The van der Waals surface area contributed by atoms with Crippen LogP contribution in [0, 0.1) is 6.92 Å². The molecule has 0 aliphatic carbocycles. The van der Waals surface area contributed by atoms with Crippen molar-refractivity contribution in [3.05, 3.63) is 46.6 Å². The van der Waals surface area contributed by atoms with Crippen LogP contribution in [0.5, 0.6) is 0 Å². The fraction of sp³-hybridized carbons (Fsp3) is 0.444. The van der Waals surface area contributed by atoms with Crippen molar-refractivity contribution in [3.63, 3.8) is 0 Å². The fourth-order valence-corrected chi connectivity index (χ4v) is 3.01. The monoisotopic (exact) mass is 361 g/mol. The third-order valence-corrected chi connectivity index (χ3v) is 4.67. The molecule has 1 aromatic heterocycles. The summed E-state index contributed by atoms with van der Waals surface area (Å²) < 4.78 is 5.67. The van der Waals surface area contributed by atoms with Crippen molar-refractivity contribution in [2.75, 3.05) is 31.1 Å². The van der Waals surface area contributed by atoms with Gasteiger partial charge in [-0.05, 0) is 31.2 Å². The summed E-state index contributed by atoms with van der Waals surface area (Å²) in [7, 11) is 0. The van der Waals surface area contributed by atoms with Gasteiger partial charge in [0.1, 0.15) is 12.3 Å². The Labute approximate surface area is 153 Å². The predicted molar refractivity (Wildman–Crippen MR) is 101 cm³/mol. The lowest BCUT2D eigenvalue weighted by Crippen LogP contribution is -2.51. The number of aliphatic imine (C=N–C) groups is 1. The minimum atomic E-state index is 0.433. The second kappa shape index (κ2) is 7.78. The Morgan fingerprint density at radius 3 is 2.52 bits per heavy atom. The van der Waals surface area contributed by atoms with Crippen molar-refractivity contribution in [2.45, 2.75) is 26.8 Å². The molecule has 0 atom stereocenters. The smallest absolute Gasteiger partial charge is 0.194 e. The number of halogens is 1. The zero-order valence-corrected chi connectivity index (χ0v) is 15.5. The Hall–Kier alpha value is -2.21. The first-order valence-electron chi connectivity index (χ1n) is 8.57. The average molecular weight is 362 g/mol. The van der Waals surface area contributed by atoms with E-state index in [1.54, 1.807) is 0 Å². The molecule has 0 radical (unpaired) electrons. The number of nitrogens with zero attached hydrogens (tertiary/aromatic N) is 4. The van der Waals surface area contributed by atoms with Gasteiger partial charge in [-0.2, -0.15) is 0 Å². The van der Waals surface area contributed by atoms with Crippen LogP contribution in [0.3, 0.4) is 0 Å². The molecule has 0 saturated carbocycles. The number of rotatable bonds is 4. The summed E-state index contributed by atoms with van der Waals surface area (Å²) in [6.45, 7) is 7.88. The van der Waals surface area contributed by atoms with E-state index in [1.165, 1.54) is 5.69 Å². The van der Waals surface area contributed by atoms with Crippen LogP contribution in [0.15, 0.2) is 33.7 Å². The molecule has 1 aliphatic rings. The van der Waals surface area contributed by atoms with Crippen LogP contribution in [-0.4, -0.2) is 42.0 Å². The van der Waals surface area contributed by atoms with Gasteiger partial charge in [-0.1, -0.05) is 18.5 Å². The topological polar surface area (TPSA) is 70.9 Å². The third kappa shape index (κ3) is 4.25.